The van der Waals surface area contributed by atoms with E-state index in [1.165, 1.54) is 6.33 Å². The Morgan fingerprint density at radius 1 is 1.30 bits per heavy atom. The van der Waals surface area contributed by atoms with Gasteiger partial charge in [0.25, 0.3) is 5.56 Å². The summed E-state index contributed by atoms with van der Waals surface area (Å²) in [7, 11) is 1.86. The van der Waals surface area contributed by atoms with Crippen LogP contribution in [0.5, 0.6) is 0 Å². The highest BCUT2D eigenvalue weighted by Gasteiger charge is 2.13. The Labute approximate surface area is 117 Å². The quantitative estimate of drug-likeness (QED) is 0.583. The number of nitrogens with one attached hydrogen (secondary N) is 1. The molecule has 0 spiro atoms. The molecule has 0 unspecified atom stereocenters. The highest BCUT2D eigenvalue weighted by molar-refractivity contribution is 7.16. The third-order valence-corrected chi connectivity index (χ3v) is 4.19. The van der Waals surface area contributed by atoms with Gasteiger partial charge in [-0.3, -0.25) is 4.79 Å². The van der Waals surface area contributed by atoms with Crippen LogP contribution in [0.25, 0.3) is 32.4 Å². The molecule has 0 aliphatic rings. The Balaban J connectivity index is 2.06. The van der Waals surface area contributed by atoms with Gasteiger partial charge in [-0.05, 0) is 17.7 Å². The Hall–Kier alpha value is -2.47. The molecule has 0 aliphatic heterocycles. The second-order valence-corrected chi connectivity index (χ2v) is 5.50. The summed E-state index contributed by atoms with van der Waals surface area (Å²) in [4.78, 5) is 23.1. The number of fused-ring (bicyclic) bond motifs is 2. The molecular formula is C14H10N4OS. The number of hydrogen-bond acceptors (Lipinski definition) is 4. The van der Waals surface area contributed by atoms with E-state index < -0.39 is 0 Å². The number of rotatable bonds is 1. The van der Waals surface area contributed by atoms with Crippen molar-refractivity contribution in [2.45, 2.75) is 0 Å². The summed E-state index contributed by atoms with van der Waals surface area (Å²) >= 11 is 1.61. The predicted octanol–water partition coefficient (Wildman–Crippen LogP) is 2.54. The molecule has 98 valence electrons. The van der Waals surface area contributed by atoms with Crippen LogP contribution in [-0.2, 0) is 7.05 Å². The summed E-state index contributed by atoms with van der Waals surface area (Å²) in [5, 5.41) is 0. The van der Waals surface area contributed by atoms with E-state index in [-0.39, 0.29) is 5.56 Å². The molecule has 3 heterocycles. The summed E-state index contributed by atoms with van der Waals surface area (Å²) in [6, 6.07) is 6.09. The van der Waals surface area contributed by atoms with Gasteiger partial charge in [0.1, 0.15) is 11.0 Å². The third kappa shape index (κ3) is 1.51. The maximum atomic E-state index is 11.9. The lowest BCUT2D eigenvalue weighted by Gasteiger charge is -1.98. The molecule has 0 radical (unpaired) electrons. The minimum absolute atomic E-state index is 0.123. The number of aromatic amines is 1. The summed E-state index contributed by atoms with van der Waals surface area (Å²) in [6.07, 6.45) is 3.38. The van der Waals surface area contributed by atoms with Gasteiger partial charge in [0.15, 0.2) is 0 Å². The van der Waals surface area contributed by atoms with Gasteiger partial charge in [0.2, 0.25) is 0 Å². The average Bonchev–Trinajstić information content (AvgIpc) is 3.03. The minimum Gasteiger partial charge on any atom is -0.344 e. The third-order valence-electron chi connectivity index (χ3n) is 3.40. The topological polar surface area (TPSA) is 63.6 Å². The van der Waals surface area contributed by atoms with E-state index in [1.807, 2.05) is 35.5 Å². The van der Waals surface area contributed by atoms with E-state index in [1.54, 1.807) is 11.3 Å². The minimum atomic E-state index is -0.123. The number of benzene rings is 1. The van der Waals surface area contributed by atoms with Crippen molar-refractivity contribution in [2.24, 2.45) is 7.05 Å². The monoisotopic (exact) mass is 282 g/mol. The van der Waals surface area contributed by atoms with Crippen molar-refractivity contribution in [3.63, 3.8) is 0 Å². The van der Waals surface area contributed by atoms with Crippen LogP contribution in [0.2, 0.25) is 0 Å². The number of aromatic nitrogens is 4. The van der Waals surface area contributed by atoms with Gasteiger partial charge in [0.05, 0.1) is 22.1 Å². The SMILES string of the molecule is Cn1cc(-c2ccc3ncsc3c2)c2nc[nH]c(=O)c21. The van der Waals surface area contributed by atoms with E-state index in [0.29, 0.717) is 5.52 Å². The van der Waals surface area contributed by atoms with Crippen molar-refractivity contribution >= 4 is 32.6 Å². The van der Waals surface area contributed by atoms with Crippen LogP contribution in [-0.4, -0.2) is 19.5 Å². The summed E-state index contributed by atoms with van der Waals surface area (Å²) in [5.41, 5.74) is 6.02. The first-order valence-electron chi connectivity index (χ1n) is 6.10. The Kier molecular flexibility index (Phi) is 2.28. The standard InChI is InChI=1S/C14H10N4OS/c1-18-5-9(12-13(18)14(19)16-6-15-12)8-2-3-10-11(4-8)20-7-17-10/h2-7H,1H3,(H,15,16,19). The van der Waals surface area contributed by atoms with E-state index in [0.717, 1.165) is 26.9 Å². The first kappa shape index (κ1) is 11.4. The normalized spacial score (nSPS) is 11.4. The summed E-state index contributed by atoms with van der Waals surface area (Å²) < 4.78 is 2.94. The Bertz CT molecular complexity index is 995. The first-order valence-corrected chi connectivity index (χ1v) is 6.98. The fourth-order valence-electron chi connectivity index (χ4n) is 2.47. The van der Waals surface area contributed by atoms with Crippen LogP contribution >= 0.6 is 11.3 Å². The van der Waals surface area contributed by atoms with Crippen LogP contribution in [0.15, 0.2) is 41.0 Å². The number of H-pyrrole nitrogens is 1. The zero-order chi connectivity index (χ0) is 13.7. The van der Waals surface area contributed by atoms with Crippen molar-refractivity contribution in [1.82, 2.24) is 19.5 Å². The molecule has 0 fully saturated rings. The van der Waals surface area contributed by atoms with Crippen LogP contribution in [0.3, 0.4) is 0 Å². The van der Waals surface area contributed by atoms with Gasteiger partial charge in [-0.15, -0.1) is 11.3 Å². The Morgan fingerprint density at radius 3 is 3.10 bits per heavy atom. The molecule has 5 nitrogen and oxygen atoms in total. The van der Waals surface area contributed by atoms with E-state index >= 15 is 0 Å². The molecule has 0 saturated carbocycles. The van der Waals surface area contributed by atoms with Crippen LogP contribution < -0.4 is 5.56 Å². The zero-order valence-corrected chi connectivity index (χ0v) is 11.4. The lowest BCUT2D eigenvalue weighted by Crippen LogP contribution is -2.08. The Morgan fingerprint density at radius 2 is 2.20 bits per heavy atom. The van der Waals surface area contributed by atoms with E-state index in [2.05, 4.69) is 21.0 Å². The highest BCUT2D eigenvalue weighted by atomic mass is 32.1. The molecule has 0 aliphatic carbocycles. The second kappa shape index (κ2) is 4.01. The molecule has 4 rings (SSSR count). The van der Waals surface area contributed by atoms with Gasteiger partial charge in [0, 0.05) is 18.8 Å². The van der Waals surface area contributed by atoms with Crippen molar-refractivity contribution in [2.75, 3.05) is 0 Å². The molecule has 1 aromatic carbocycles. The zero-order valence-electron chi connectivity index (χ0n) is 10.6. The number of hydrogen-bond donors (Lipinski definition) is 1. The molecule has 4 aromatic rings. The molecule has 0 atom stereocenters. The number of nitrogens with zero attached hydrogens (tertiary/aromatic N) is 3. The van der Waals surface area contributed by atoms with Gasteiger partial charge < -0.3 is 9.55 Å². The molecule has 1 N–H and O–H groups in total. The molecule has 0 saturated heterocycles. The van der Waals surface area contributed by atoms with Gasteiger partial charge in [-0.2, -0.15) is 0 Å². The van der Waals surface area contributed by atoms with Crippen molar-refractivity contribution in [3.05, 3.63) is 46.6 Å². The summed E-state index contributed by atoms with van der Waals surface area (Å²) in [6.45, 7) is 0. The van der Waals surface area contributed by atoms with Crippen LogP contribution in [0, 0.1) is 0 Å². The van der Waals surface area contributed by atoms with E-state index in [4.69, 9.17) is 0 Å². The number of thiazole rings is 1. The van der Waals surface area contributed by atoms with E-state index in [9.17, 15) is 4.79 Å². The average molecular weight is 282 g/mol. The molecule has 3 aromatic heterocycles. The molecule has 6 heteroatoms. The smallest absolute Gasteiger partial charge is 0.275 e. The molecule has 20 heavy (non-hydrogen) atoms. The van der Waals surface area contributed by atoms with Gasteiger partial charge in [-0.1, -0.05) is 6.07 Å². The van der Waals surface area contributed by atoms with Crippen molar-refractivity contribution < 1.29 is 0 Å². The lowest BCUT2D eigenvalue weighted by molar-refractivity contribution is 0.954. The maximum absolute atomic E-state index is 11.9. The van der Waals surface area contributed by atoms with Crippen molar-refractivity contribution in [3.8, 4) is 11.1 Å². The number of aryl methyl sites for hydroxylation is 1. The molecular weight excluding hydrogens is 272 g/mol. The summed E-state index contributed by atoms with van der Waals surface area (Å²) in [5.74, 6) is 0. The largest absolute Gasteiger partial charge is 0.344 e. The van der Waals surface area contributed by atoms with Gasteiger partial charge in [-0.25, -0.2) is 9.97 Å². The molecule has 0 amide bonds. The molecule has 0 bridgehead atoms. The fourth-order valence-corrected chi connectivity index (χ4v) is 3.19. The first-order chi connectivity index (χ1) is 9.74. The fraction of sp³-hybridized carbons (Fsp3) is 0.0714. The van der Waals surface area contributed by atoms with Crippen LogP contribution in [0.4, 0.5) is 0 Å². The lowest BCUT2D eigenvalue weighted by atomic mass is 10.1. The van der Waals surface area contributed by atoms with Gasteiger partial charge >= 0.3 is 0 Å². The second-order valence-electron chi connectivity index (χ2n) is 4.62. The maximum Gasteiger partial charge on any atom is 0.275 e. The van der Waals surface area contributed by atoms with Crippen LogP contribution in [0.1, 0.15) is 0 Å². The predicted molar refractivity (Wildman–Crippen MR) is 79.9 cm³/mol. The highest BCUT2D eigenvalue weighted by Crippen LogP contribution is 2.30. The van der Waals surface area contributed by atoms with Crippen molar-refractivity contribution in [1.29, 1.82) is 0 Å².